The fourth-order valence-corrected chi connectivity index (χ4v) is 2.72. The molecule has 1 aromatic heterocycles. The second-order valence-corrected chi connectivity index (χ2v) is 6.64. The standard InChI is InChI=1S/C21H21ClN4O/c1-15-4-2-3-5-17(15)12-24-21-25-13-18(14-26-21)20(27)23-11-10-16-6-8-19(22)9-7-16/h2-9,13-14H,10-12H2,1H3,(H,23,27)(H,24,25,26). The molecule has 0 saturated carbocycles. The molecule has 2 aromatic carbocycles. The van der Waals surface area contributed by atoms with Crippen LogP contribution in [0.2, 0.25) is 5.02 Å². The molecule has 0 fully saturated rings. The predicted octanol–water partition coefficient (Wildman–Crippen LogP) is 4.02. The molecule has 138 valence electrons. The highest BCUT2D eigenvalue weighted by atomic mass is 35.5. The monoisotopic (exact) mass is 380 g/mol. The van der Waals surface area contributed by atoms with Crippen molar-refractivity contribution in [3.8, 4) is 0 Å². The van der Waals surface area contributed by atoms with E-state index in [0.29, 0.717) is 29.6 Å². The molecule has 0 atom stereocenters. The number of nitrogens with one attached hydrogen (secondary N) is 2. The van der Waals surface area contributed by atoms with E-state index in [2.05, 4.69) is 39.7 Å². The molecule has 6 heteroatoms. The van der Waals surface area contributed by atoms with Gasteiger partial charge >= 0.3 is 0 Å². The van der Waals surface area contributed by atoms with E-state index in [0.717, 1.165) is 12.0 Å². The molecule has 0 saturated heterocycles. The smallest absolute Gasteiger partial charge is 0.254 e. The van der Waals surface area contributed by atoms with Gasteiger partial charge in [-0.1, -0.05) is 48.0 Å². The first-order valence-electron chi connectivity index (χ1n) is 8.75. The van der Waals surface area contributed by atoms with Gasteiger partial charge in [0.1, 0.15) is 0 Å². The molecule has 0 bridgehead atoms. The maximum Gasteiger partial charge on any atom is 0.254 e. The van der Waals surface area contributed by atoms with Crippen LogP contribution in [0.25, 0.3) is 0 Å². The molecule has 1 heterocycles. The first-order valence-corrected chi connectivity index (χ1v) is 9.12. The third-order valence-electron chi connectivity index (χ3n) is 4.22. The van der Waals surface area contributed by atoms with Gasteiger partial charge in [0.15, 0.2) is 0 Å². The summed E-state index contributed by atoms with van der Waals surface area (Å²) in [6.07, 6.45) is 3.80. The van der Waals surface area contributed by atoms with E-state index < -0.39 is 0 Å². The highest BCUT2D eigenvalue weighted by molar-refractivity contribution is 6.30. The summed E-state index contributed by atoms with van der Waals surface area (Å²) in [5, 5.41) is 6.75. The Balaban J connectivity index is 1.48. The minimum Gasteiger partial charge on any atom is -0.352 e. The van der Waals surface area contributed by atoms with Crippen LogP contribution in [-0.4, -0.2) is 22.4 Å². The molecule has 2 N–H and O–H groups in total. The Bertz CT molecular complexity index is 895. The fourth-order valence-electron chi connectivity index (χ4n) is 2.59. The number of hydrogen-bond acceptors (Lipinski definition) is 4. The van der Waals surface area contributed by atoms with Crippen LogP contribution < -0.4 is 10.6 Å². The number of aryl methyl sites for hydroxylation is 1. The van der Waals surface area contributed by atoms with Gasteiger partial charge in [-0.05, 0) is 42.2 Å². The van der Waals surface area contributed by atoms with Gasteiger partial charge in [-0.2, -0.15) is 0 Å². The normalized spacial score (nSPS) is 10.4. The van der Waals surface area contributed by atoms with E-state index in [1.165, 1.54) is 23.5 Å². The number of rotatable bonds is 7. The molecule has 0 spiro atoms. The van der Waals surface area contributed by atoms with Gasteiger partial charge in [-0.25, -0.2) is 9.97 Å². The lowest BCUT2D eigenvalue weighted by molar-refractivity contribution is 0.0953. The van der Waals surface area contributed by atoms with Crippen molar-refractivity contribution in [2.24, 2.45) is 0 Å². The number of aromatic nitrogens is 2. The van der Waals surface area contributed by atoms with Gasteiger partial charge in [0.25, 0.3) is 5.91 Å². The van der Waals surface area contributed by atoms with Gasteiger partial charge in [-0.15, -0.1) is 0 Å². The van der Waals surface area contributed by atoms with Crippen molar-refractivity contribution >= 4 is 23.5 Å². The van der Waals surface area contributed by atoms with Crippen LogP contribution in [0.5, 0.6) is 0 Å². The maximum atomic E-state index is 12.2. The van der Waals surface area contributed by atoms with E-state index in [-0.39, 0.29) is 5.91 Å². The average molecular weight is 381 g/mol. The van der Waals surface area contributed by atoms with Crippen molar-refractivity contribution in [3.63, 3.8) is 0 Å². The van der Waals surface area contributed by atoms with Crippen LogP contribution in [0.4, 0.5) is 5.95 Å². The summed E-state index contributed by atoms with van der Waals surface area (Å²) in [5.74, 6) is 0.311. The Morgan fingerprint density at radius 1 is 1.04 bits per heavy atom. The molecule has 3 rings (SSSR count). The fraction of sp³-hybridized carbons (Fsp3) is 0.190. The van der Waals surface area contributed by atoms with Crippen LogP contribution in [0, 0.1) is 6.92 Å². The number of hydrogen-bond donors (Lipinski definition) is 2. The van der Waals surface area contributed by atoms with Crippen LogP contribution in [-0.2, 0) is 13.0 Å². The predicted molar refractivity (Wildman–Crippen MR) is 108 cm³/mol. The van der Waals surface area contributed by atoms with Crippen molar-refractivity contribution in [1.29, 1.82) is 0 Å². The minimum atomic E-state index is -0.186. The summed E-state index contributed by atoms with van der Waals surface area (Å²) in [7, 11) is 0. The lowest BCUT2D eigenvalue weighted by Gasteiger charge is -2.08. The van der Waals surface area contributed by atoms with Crippen molar-refractivity contribution in [1.82, 2.24) is 15.3 Å². The number of carbonyl (C=O) groups is 1. The second-order valence-electron chi connectivity index (χ2n) is 6.21. The molecule has 0 radical (unpaired) electrons. The topological polar surface area (TPSA) is 66.9 Å². The summed E-state index contributed by atoms with van der Waals surface area (Å²) in [6, 6.07) is 15.7. The van der Waals surface area contributed by atoms with Crippen molar-refractivity contribution in [2.45, 2.75) is 19.9 Å². The summed E-state index contributed by atoms with van der Waals surface area (Å²) in [5.41, 5.74) is 3.95. The number of halogens is 1. The molecule has 3 aromatic rings. The molecule has 0 unspecified atom stereocenters. The highest BCUT2D eigenvalue weighted by Gasteiger charge is 2.07. The van der Waals surface area contributed by atoms with Gasteiger partial charge in [0, 0.05) is 30.5 Å². The third-order valence-corrected chi connectivity index (χ3v) is 4.48. The van der Waals surface area contributed by atoms with E-state index >= 15 is 0 Å². The zero-order valence-electron chi connectivity index (χ0n) is 15.1. The molecular formula is C21H21ClN4O. The maximum absolute atomic E-state index is 12.2. The van der Waals surface area contributed by atoms with Crippen molar-refractivity contribution in [2.75, 3.05) is 11.9 Å². The average Bonchev–Trinajstić information content (AvgIpc) is 2.69. The summed E-state index contributed by atoms with van der Waals surface area (Å²) >= 11 is 5.87. The van der Waals surface area contributed by atoms with E-state index in [9.17, 15) is 4.79 Å². The second kappa shape index (κ2) is 9.14. The summed E-state index contributed by atoms with van der Waals surface area (Å²) in [6.45, 7) is 3.24. The third kappa shape index (κ3) is 5.53. The number of benzene rings is 2. The molecule has 5 nitrogen and oxygen atoms in total. The zero-order chi connectivity index (χ0) is 19.1. The Kier molecular flexibility index (Phi) is 6.39. The Hall–Kier alpha value is -2.92. The quantitative estimate of drug-likeness (QED) is 0.649. The summed E-state index contributed by atoms with van der Waals surface area (Å²) in [4.78, 5) is 20.6. The van der Waals surface area contributed by atoms with Gasteiger partial charge in [-0.3, -0.25) is 4.79 Å². The van der Waals surface area contributed by atoms with Crippen LogP contribution in [0.15, 0.2) is 60.9 Å². The zero-order valence-corrected chi connectivity index (χ0v) is 15.8. The molecule has 1 amide bonds. The van der Waals surface area contributed by atoms with Crippen molar-refractivity contribution in [3.05, 3.63) is 88.2 Å². The van der Waals surface area contributed by atoms with Crippen LogP contribution >= 0.6 is 11.6 Å². The Morgan fingerprint density at radius 3 is 2.44 bits per heavy atom. The first-order chi connectivity index (χ1) is 13.1. The SMILES string of the molecule is Cc1ccccc1CNc1ncc(C(=O)NCCc2ccc(Cl)cc2)cn1. The Labute approximate surface area is 163 Å². The van der Waals surface area contributed by atoms with Crippen molar-refractivity contribution < 1.29 is 4.79 Å². The lowest BCUT2D eigenvalue weighted by atomic mass is 10.1. The van der Waals surface area contributed by atoms with E-state index in [4.69, 9.17) is 11.6 Å². The lowest BCUT2D eigenvalue weighted by Crippen LogP contribution is -2.26. The number of carbonyl (C=O) groups excluding carboxylic acids is 1. The minimum absolute atomic E-state index is 0.186. The molecular weight excluding hydrogens is 360 g/mol. The molecule has 0 aliphatic rings. The Morgan fingerprint density at radius 2 is 1.74 bits per heavy atom. The van der Waals surface area contributed by atoms with E-state index in [1.54, 1.807) is 0 Å². The highest BCUT2D eigenvalue weighted by Crippen LogP contribution is 2.10. The number of amides is 1. The largest absolute Gasteiger partial charge is 0.352 e. The van der Waals surface area contributed by atoms with Gasteiger partial charge < -0.3 is 10.6 Å². The molecule has 27 heavy (non-hydrogen) atoms. The first kappa shape index (κ1) is 18.9. The summed E-state index contributed by atoms with van der Waals surface area (Å²) < 4.78 is 0. The van der Waals surface area contributed by atoms with Gasteiger partial charge in [0.05, 0.1) is 5.56 Å². The molecule has 0 aliphatic heterocycles. The number of anilines is 1. The van der Waals surface area contributed by atoms with E-state index in [1.807, 2.05) is 36.4 Å². The van der Waals surface area contributed by atoms with Gasteiger partial charge in [0.2, 0.25) is 5.95 Å². The van der Waals surface area contributed by atoms with Crippen LogP contribution in [0.3, 0.4) is 0 Å². The van der Waals surface area contributed by atoms with Crippen LogP contribution in [0.1, 0.15) is 27.0 Å². The number of nitrogens with zero attached hydrogens (tertiary/aromatic N) is 2. The molecule has 0 aliphatic carbocycles.